The number of nitrogens with zero attached hydrogens (tertiary/aromatic N) is 1. The molecule has 0 bridgehead atoms. The predicted octanol–water partition coefficient (Wildman–Crippen LogP) is 4.08. The molecular weight excluding hydrogens is 466 g/mol. The number of esters is 1. The Kier molecular flexibility index (Phi) is 5.60. The first-order chi connectivity index (χ1) is 15.0. The van der Waals surface area contributed by atoms with Crippen LogP contribution in [0.1, 0.15) is 50.5 Å². The molecule has 0 aromatic heterocycles. The van der Waals surface area contributed by atoms with Crippen molar-refractivity contribution in [1.82, 2.24) is 0 Å². The van der Waals surface area contributed by atoms with E-state index < -0.39 is 17.8 Å². The highest BCUT2D eigenvalue weighted by Gasteiger charge is 2.45. The number of aliphatic imine (C=N–C) groups is 1. The van der Waals surface area contributed by atoms with Crippen LogP contribution in [0.2, 0.25) is 0 Å². The van der Waals surface area contributed by atoms with Crippen LogP contribution in [0.3, 0.4) is 0 Å². The summed E-state index contributed by atoms with van der Waals surface area (Å²) < 4.78 is 23.1. The van der Waals surface area contributed by atoms with E-state index in [1.54, 1.807) is 0 Å². The molecule has 164 valence electrons. The Morgan fingerprint density at radius 2 is 2.00 bits per heavy atom. The molecule has 4 aliphatic rings. The average Bonchev–Trinajstić information content (AvgIpc) is 3.42. The first-order valence-electron chi connectivity index (χ1n) is 10.7. The number of hydrogen-bond donors (Lipinski definition) is 0. The van der Waals surface area contributed by atoms with Crippen LogP contribution >= 0.6 is 15.9 Å². The van der Waals surface area contributed by atoms with Gasteiger partial charge in [-0.1, -0.05) is 15.9 Å². The molecule has 2 fully saturated rings. The van der Waals surface area contributed by atoms with Crippen molar-refractivity contribution in [2.24, 2.45) is 10.9 Å². The van der Waals surface area contributed by atoms with Crippen LogP contribution in [0.15, 0.2) is 32.9 Å². The summed E-state index contributed by atoms with van der Waals surface area (Å²) in [6.45, 7) is 2.87. The number of fused-ring (bicyclic) bond motifs is 2. The van der Waals surface area contributed by atoms with E-state index >= 15 is 0 Å². The van der Waals surface area contributed by atoms with Crippen molar-refractivity contribution in [3.8, 4) is 11.5 Å². The van der Waals surface area contributed by atoms with Crippen LogP contribution in [-0.4, -0.2) is 43.6 Å². The molecule has 1 aliphatic carbocycles. The van der Waals surface area contributed by atoms with E-state index in [2.05, 4.69) is 20.9 Å². The summed E-state index contributed by atoms with van der Waals surface area (Å²) >= 11 is 3.63. The second kappa shape index (κ2) is 8.39. The SMILES string of the molecule is CC1=C(C(=O)OC[C@H]2CCCO2)[C@@H](c2cc3c(cc2Br)OCO3)[C@H]2C(=O)CCCC2=N1. The number of rotatable bonds is 4. The number of allylic oxidation sites excluding steroid dienone is 1. The van der Waals surface area contributed by atoms with E-state index in [0.717, 1.165) is 41.4 Å². The number of ether oxygens (including phenoxy) is 4. The summed E-state index contributed by atoms with van der Waals surface area (Å²) in [6, 6.07) is 3.70. The van der Waals surface area contributed by atoms with Crippen molar-refractivity contribution in [2.75, 3.05) is 20.0 Å². The summed E-state index contributed by atoms with van der Waals surface area (Å²) in [4.78, 5) is 31.0. The number of Topliss-reactive ketones (excluding diaryl/α,β-unsaturated/α-hetero) is 1. The van der Waals surface area contributed by atoms with Gasteiger partial charge >= 0.3 is 5.97 Å². The average molecular weight is 490 g/mol. The normalized spacial score (nSPS) is 27.2. The van der Waals surface area contributed by atoms with E-state index in [0.29, 0.717) is 35.8 Å². The minimum Gasteiger partial charge on any atom is -0.460 e. The van der Waals surface area contributed by atoms with Crippen LogP contribution in [0.4, 0.5) is 0 Å². The van der Waals surface area contributed by atoms with E-state index in [1.165, 1.54) is 0 Å². The number of halogens is 1. The molecule has 0 radical (unpaired) electrons. The summed E-state index contributed by atoms with van der Waals surface area (Å²) in [5, 5.41) is 0. The van der Waals surface area contributed by atoms with Gasteiger partial charge in [-0.3, -0.25) is 9.79 Å². The maximum Gasteiger partial charge on any atom is 0.336 e. The Bertz CT molecular complexity index is 994. The standard InChI is InChI=1S/C23H24BrNO6/c1-12-20(23(27)29-10-13-4-3-7-28-13)21(22-16(25-12)5-2-6-17(22)26)14-8-18-19(9-15(14)24)31-11-30-18/h8-9,13,21-22H,2-7,10-11H2,1H3/t13-,21-,22-/m1/s1. The lowest BCUT2D eigenvalue weighted by atomic mass is 9.69. The Morgan fingerprint density at radius 1 is 1.19 bits per heavy atom. The molecule has 3 aliphatic heterocycles. The summed E-state index contributed by atoms with van der Waals surface area (Å²) in [7, 11) is 0. The molecule has 8 heteroatoms. The zero-order valence-corrected chi connectivity index (χ0v) is 18.9. The van der Waals surface area contributed by atoms with Gasteiger partial charge in [0.15, 0.2) is 11.5 Å². The van der Waals surface area contributed by atoms with E-state index in [4.69, 9.17) is 18.9 Å². The van der Waals surface area contributed by atoms with Gasteiger partial charge < -0.3 is 18.9 Å². The molecule has 31 heavy (non-hydrogen) atoms. The van der Waals surface area contributed by atoms with Crippen LogP contribution < -0.4 is 9.47 Å². The van der Waals surface area contributed by atoms with Gasteiger partial charge in [-0.05, 0) is 50.3 Å². The highest BCUT2D eigenvalue weighted by Crippen LogP contribution is 2.48. The Balaban J connectivity index is 1.55. The largest absolute Gasteiger partial charge is 0.460 e. The summed E-state index contributed by atoms with van der Waals surface area (Å²) in [5.74, 6) is -0.0467. The molecule has 3 atom stereocenters. The third-order valence-electron chi connectivity index (χ3n) is 6.38. The highest BCUT2D eigenvalue weighted by atomic mass is 79.9. The lowest BCUT2D eigenvalue weighted by Gasteiger charge is -2.36. The molecule has 1 saturated carbocycles. The van der Waals surface area contributed by atoms with Gasteiger partial charge in [-0.25, -0.2) is 4.79 Å². The fourth-order valence-corrected chi connectivity index (χ4v) is 5.48. The van der Waals surface area contributed by atoms with Gasteiger partial charge in [0.25, 0.3) is 0 Å². The second-order valence-corrected chi connectivity index (χ2v) is 9.19. The lowest BCUT2D eigenvalue weighted by molar-refractivity contribution is -0.142. The Hall–Kier alpha value is -2.19. The molecule has 0 spiro atoms. The zero-order valence-electron chi connectivity index (χ0n) is 17.3. The van der Waals surface area contributed by atoms with Gasteiger partial charge in [0, 0.05) is 34.8 Å². The number of ketones is 1. The molecule has 0 amide bonds. The van der Waals surface area contributed by atoms with Gasteiger partial charge in [0.1, 0.15) is 12.4 Å². The number of carbonyl (C=O) groups is 2. The van der Waals surface area contributed by atoms with Crippen molar-refractivity contribution in [3.63, 3.8) is 0 Å². The van der Waals surface area contributed by atoms with Crippen molar-refractivity contribution in [2.45, 2.75) is 51.0 Å². The zero-order chi connectivity index (χ0) is 21.5. The first kappa shape index (κ1) is 20.7. The molecule has 0 unspecified atom stereocenters. The first-order valence-corrected chi connectivity index (χ1v) is 11.5. The van der Waals surface area contributed by atoms with E-state index in [1.807, 2.05) is 19.1 Å². The maximum absolute atomic E-state index is 13.3. The number of hydrogen-bond acceptors (Lipinski definition) is 7. The molecule has 1 saturated heterocycles. The van der Waals surface area contributed by atoms with E-state index in [-0.39, 0.29) is 25.3 Å². The quantitative estimate of drug-likeness (QED) is 0.592. The smallest absolute Gasteiger partial charge is 0.336 e. The van der Waals surface area contributed by atoms with Crippen LogP contribution in [0.25, 0.3) is 0 Å². The summed E-state index contributed by atoms with van der Waals surface area (Å²) in [6.07, 6.45) is 3.81. The second-order valence-electron chi connectivity index (χ2n) is 8.34. The minimum absolute atomic E-state index is 0.0699. The lowest BCUT2D eigenvalue weighted by Crippen LogP contribution is -2.39. The molecule has 0 N–H and O–H groups in total. The van der Waals surface area contributed by atoms with Crippen molar-refractivity contribution < 1.29 is 28.5 Å². The molecule has 1 aromatic carbocycles. The Morgan fingerprint density at radius 3 is 2.77 bits per heavy atom. The molecule has 7 nitrogen and oxygen atoms in total. The monoisotopic (exact) mass is 489 g/mol. The predicted molar refractivity (Wildman–Crippen MR) is 115 cm³/mol. The van der Waals surface area contributed by atoms with Crippen molar-refractivity contribution in [3.05, 3.63) is 33.4 Å². The number of carbonyl (C=O) groups excluding carboxylic acids is 2. The van der Waals surface area contributed by atoms with Gasteiger partial charge in [-0.2, -0.15) is 0 Å². The summed E-state index contributed by atoms with van der Waals surface area (Å²) in [5.41, 5.74) is 2.69. The van der Waals surface area contributed by atoms with Crippen molar-refractivity contribution in [1.29, 1.82) is 0 Å². The van der Waals surface area contributed by atoms with Crippen LogP contribution in [-0.2, 0) is 19.1 Å². The van der Waals surface area contributed by atoms with Gasteiger partial charge in [0.2, 0.25) is 6.79 Å². The third-order valence-corrected chi connectivity index (χ3v) is 7.07. The molecule has 3 heterocycles. The topological polar surface area (TPSA) is 83.4 Å². The fourth-order valence-electron chi connectivity index (χ4n) is 4.91. The third kappa shape index (κ3) is 3.80. The van der Waals surface area contributed by atoms with Crippen LogP contribution in [0.5, 0.6) is 11.5 Å². The van der Waals surface area contributed by atoms with Gasteiger partial charge in [0.05, 0.1) is 17.6 Å². The molecule has 1 aromatic rings. The van der Waals surface area contributed by atoms with Crippen LogP contribution in [0, 0.1) is 5.92 Å². The van der Waals surface area contributed by atoms with Crippen molar-refractivity contribution >= 4 is 33.4 Å². The highest BCUT2D eigenvalue weighted by molar-refractivity contribution is 9.10. The fraction of sp³-hybridized carbons (Fsp3) is 0.522. The van der Waals surface area contributed by atoms with E-state index in [9.17, 15) is 9.59 Å². The Labute approximate surface area is 188 Å². The van der Waals surface area contributed by atoms with Gasteiger partial charge in [-0.15, -0.1) is 0 Å². The minimum atomic E-state index is -0.485. The molecular formula is C23H24BrNO6. The molecule has 5 rings (SSSR count). The number of benzene rings is 1. The maximum atomic E-state index is 13.3.